The fraction of sp³-hybridized carbons (Fsp3) is 0.273. The van der Waals surface area contributed by atoms with Gasteiger partial charge in [-0.25, -0.2) is 18.8 Å². The molecule has 0 spiro atoms. The molecule has 4 rings (SSSR count). The van der Waals surface area contributed by atoms with Crippen LogP contribution in [0.4, 0.5) is 9.18 Å². The Labute approximate surface area is 258 Å². The molecule has 236 valence electrons. The van der Waals surface area contributed by atoms with Crippen LogP contribution >= 0.6 is 0 Å². The van der Waals surface area contributed by atoms with Crippen LogP contribution in [0, 0.1) is 5.82 Å². The van der Waals surface area contributed by atoms with Crippen molar-refractivity contribution in [1.29, 1.82) is 0 Å². The lowest BCUT2D eigenvalue weighted by atomic mass is 9.99. The number of rotatable bonds is 14. The molecular weight excluding hydrogens is 591 g/mol. The summed E-state index contributed by atoms with van der Waals surface area (Å²) in [6.07, 6.45) is -0.0985. The summed E-state index contributed by atoms with van der Waals surface area (Å²) in [5, 5.41) is 0. The highest BCUT2D eigenvalue weighted by Gasteiger charge is 2.27. The topological polar surface area (TPSA) is 133 Å². The first-order valence-corrected chi connectivity index (χ1v) is 13.9. The van der Waals surface area contributed by atoms with E-state index in [1.54, 1.807) is 18.2 Å². The van der Waals surface area contributed by atoms with Crippen LogP contribution in [0.2, 0.25) is 0 Å². The van der Waals surface area contributed by atoms with Gasteiger partial charge in [0, 0.05) is 18.9 Å². The second kappa shape index (κ2) is 15.6. The maximum atomic E-state index is 14.6. The number of hydrogen-bond donors (Lipinski definition) is 0. The van der Waals surface area contributed by atoms with E-state index in [-0.39, 0.29) is 56.9 Å². The Morgan fingerprint density at radius 2 is 1.33 bits per heavy atom. The van der Waals surface area contributed by atoms with Crippen molar-refractivity contribution in [3.63, 3.8) is 0 Å². The highest BCUT2D eigenvalue weighted by Crippen LogP contribution is 2.47. The van der Waals surface area contributed by atoms with Gasteiger partial charge in [-0.05, 0) is 64.7 Å². The fourth-order valence-corrected chi connectivity index (χ4v) is 4.51. The summed E-state index contributed by atoms with van der Waals surface area (Å²) in [5.74, 6) is -2.48. The lowest BCUT2D eigenvalue weighted by Gasteiger charge is -2.10. The van der Waals surface area contributed by atoms with Crippen LogP contribution in [0.3, 0.4) is 0 Å². The van der Waals surface area contributed by atoms with E-state index in [1.165, 1.54) is 13.0 Å². The van der Waals surface area contributed by atoms with Gasteiger partial charge in [-0.1, -0.05) is 25.6 Å². The van der Waals surface area contributed by atoms with Crippen LogP contribution in [-0.2, 0) is 28.5 Å². The lowest BCUT2D eigenvalue weighted by Crippen LogP contribution is -2.17. The highest BCUT2D eigenvalue weighted by atomic mass is 19.1. The zero-order valence-electron chi connectivity index (χ0n) is 24.7. The van der Waals surface area contributed by atoms with Gasteiger partial charge in [0.05, 0.1) is 32.0 Å². The SMILES string of the molecule is C=CC(=O)OCCOCCOCCOC(=O)Oc1ccc(C(=O)Oc2ccc3c(c2)C(C)c2cc(OC(C)=O)ccc2-3)cc1F. The van der Waals surface area contributed by atoms with Crippen LogP contribution in [0.25, 0.3) is 11.1 Å². The van der Waals surface area contributed by atoms with Gasteiger partial charge < -0.3 is 33.2 Å². The predicted octanol–water partition coefficient (Wildman–Crippen LogP) is 5.38. The molecule has 1 aliphatic rings. The Morgan fingerprint density at radius 1 is 0.756 bits per heavy atom. The van der Waals surface area contributed by atoms with Gasteiger partial charge in [-0.2, -0.15) is 0 Å². The summed E-state index contributed by atoms with van der Waals surface area (Å²) < 4.78 is 50.3. The Kier molecular flexibility index (Phi) is 11.4. The zero-order chi connectivity index (χ0) is 32.3. The van der Waals surface area contributed by atoms with Crippen molar-refractivity contribution >= 4 is 24.1 Å². The number of benzene rings is 3. The Morgan fingerprint density at radius 3 is 1.91 bits per heavy atom. The van der Waals surface area contributed by atoms with Crippen molar-refractivity contribution in [1.82, 2.24) is 0 Å². The summed E-state index contributed by atoms with van der Waals surface area (Å²) in [7, 11) is 0. The molecule has 0 heterocycles. The Hall–Kier alpha value is -5.07. The average Bonchev–Trinajstić information content (AvgIpc) is 3.28. The molecule has 45 heavy (non-hydrogen) atoms. The minimum absolute atomic E-state index is 0.0417. The highest BCUT2D eigenvalue weighted by molar-refractivity contribution is 5.91. The third kappa shape index (κ3) is 8.97. The normalized spacial score (nSPS) is 12.8. The molecule has 0 N–H and O–H groups in total. The Balaban J connectivity index is 1.22. The average molecular weight is 623 g/mol. The number of carbonyl (C=O) groups is 4. The molecule has 0 bridgehead atoms. The van der Waals surface area contributed by atoms with Crippen molar-refractivity contribution in [3.05, 3.63) is 89.8 Å². The number of hydrogen-bond acceptors (Lipinski definition) is 11. The minimum atomic E-state index is -1.15. The quantitative estimate of drug-likeness (QED) is 0.0754. The molecule has 0 fully saturated rings. The number of fused-ring (bicyclic) bond motifs is 3. The van der Waals surface area contributed by atoms with E-state index in [9.17, 15) is 23.6 Å². The van der Waals surface area contributed by atoms with Gasteiger partial charge in [0.1, 0.15) is 24.7 Å². The maximum absolute atomic E-state index is 14.6. The van der Waals surface area contributed by atoms with Crippen molar-refractivity contribution in [2.24, 2.45) is 0 Å². The summed E-state index contributed by atoms with van der Waals surface area (Å²) in [6.45, 7) is 7.21. The van der Waals surface area contributed by atoms with Crippen molar-refractivity contribution in [2.45, 2.75) is 19.8 Å². The van der Waals surface area contributed by atoms with Gasteiger partial charge in [0.15, 0.2) is 11.6 Å². The molecule has 12 heteroatoms. The van der Waals surface area contributed by atoms with Gasteiger partial charge in [-0.3, -0.25) is 4.79 Å². The largest absolute Gasteiger partial charge is 0.514 e. The summed E-state index contributed by atoms with van der Waals surface area (Å²) in [6, 6.07) is 13.9. The molecule has 11 nitrogen and oxygen atoms in total. The standard InChI is InChI=1S/C33H31FO11/c1-4-31(36)41-15-13-39-11-12-40-14-16-42-33(38)45-30-10-5-22(17-29(30)34)32(37)44-24-7-9-26-25-8-6-23(43-21(3)35)18-27(25)20(2)28(26)19-24/h4-10,17-20H,1,11-16H2,2-3H3. The Bertz CT molecular complexity index is 1580. The lowest BCUT2D eigenvalue weighted by molar-refractivity contribution is -0.139. The second-order valence-corrected chi connectivity index (χ2v) is 9.65. The van der Waals surface area contributed by atoms with Crippen molar-refractivity contribution in [2.75, 3.05) is 39.6 Å². The van der Waals surface area contributed by atoms with Gasteiger partial charge in [0.2, 0.25) is 0 Å². The van der Waals surface area contributed by atoms with E-state index >= 15 is 0 Å². The molecular formula is C33H31FO11. The van der Waals surface area contributed by atoms with E-state index in [2.05, 4.69) is 6.58 Å². The molecule has 0 saturated heterocycles. The van der Waals surface area contributed by atoms with Crippen molar-refractivity contribution < 1.29 is 56.7 Å². The van der Waals surface area contributed by atoms with E-state index < -0.39 is 35.6 Å². The third-order valence-electron chi connectivity index (χ3n) is 6.56. The van der Waals surface area contributed by atoms with Gasteiger partial charge >= 0.3 is 24.1 Å². The van der Waals surface area contributed by atoms with E-state index in [0.29, 0.717) is 5.75 Å². The van der Waals surface area contributed by atoms with Crippen LogP contribution in [0.15, 0.2) is 67.3 Å². The molecule has 0 saturated carbocycles. The molecule has 0 aromatic heterocycles. The monoisotopic (exact) mass is 622 g/mol. The van der Waals surface area contributed by atoms with E-state index in [0.717, 1.165) is 40.5 Å². The molecule has 3 aromatic carbocycles. The second-order valence-electron chi connectivity index (χ2n) is 9.65. The van der Waals surface area contributed by atoms with E-state index in [1.807, 2.05) is 25.1 Å². The van der Waals surface area contributed by atoms with Crippen LogP contribution < -0.4 is 14.2 Å². The maximum Gasteiger partial charge on any atom is 0.514 e. The molecule has 1 aliphatic carbocycles. The van der Waals surface area contributed by atoms with Gasteiger partial charge in [0.25, 0.3) is 0 Å². The number of halogens is 1. The molecule has 0 radical (unpaired) electrons. The van der Waals surface area contributed by atoms with Crippen LogP contribution in [0.1, 0.15) is 41.3 Å². The third-order valence-corrected chi connectivity index (χ3v) is 6.56. The first kappa shape index (κ1) is 32.8. The number of carbonyl (C=O) groups excluding carboxylic acids is 4. The first-order valence-electron chi connectivity index (χ1n) is 13.9. The van der Waals surface area contributed by atoms with Gasteiger partial charge in [-0.15, -0.1) is 0 Å². The molecule has 0 aliphatic heterocycles. The minimum Gasteiger partial charge on any atom is -0.460 e. The summed E-state index contributed by atoms with van der Waals surface area (Å²) >= 11 is 0. The fourth-order valence-electron chi connectivity index (χ4n) is 4.51. The summed E-state index contributed by atoms with van der Waals surface area (Å²) in [5.41, 5.74) is 3.76. The first-order chi connectivity index (χ1) is 21.7. The molecule has 3 aromatic rings. The number of ether oxygens (including phenoxy) is 7. The summed E-state index contributed by atoms with van der Waals surface area (Å²) in [4.78, 5) is 46.9. The zero-order valence-corrected chi connectivity index (χ0v) is 24.7. The smallest absolute Gasteiger partial charge is 0.460 e. The molecule has 0 amide bonds. The van der Waals surface area contributed by atoms with E-state index in [4.69, 9.17) is 33.2 Å². The van der Waals surface area contributed by atoms with Crippen molar-refractivity contribution in [3.8, 4) is 28.4 Å². The van der Waals surface area contributed by atoms with Crippen LogP contribution in [0.5, 0.6) is 17.2 Å². The number of esters is 3. The predicted molar refractivity (Wildman–Crippen MR) is 157 cm³/mol. The molecule has 1 atom stereocenters. The molecule has 1 unspecified atom stereocenters. The van der Waals surface area contributed by atoms with Crippen LogP contribution in [-0.4, -0.2) is 63.7 Å².